The van der Waals surface area contributed by atoms with E-state index in [-0.39, 0.29) is 0 Å². The zero-order valence-electron chi connectivity index (χ0n) is 14.4. The van der Waals surface area contributed by atoms with Gasteiger partial charge in [-0.15, -0.1) is 0 Å². The maximum Gasteiger partial charge on any atom is 0.161 e. The van der Waals surface area contributed by atoms with E-state index in [0.29, 0.717) is 34.7 Å². The maximum absolute atomic E-state index is 6.02. The predicted molar refractivity (Wildman–Crippen MR) is 98.6 cm³/mol. The molecule has 0 atom stereocenters. The number of hydrogen-bond donors (Lipinski definition) is 0. The minimum atomic E-state index is 0.450. The lowest BCUT2D eigenvalue weighted by Gasteiger charge is -2.12. The molecule has 5 heteroatoms. The van der Waals surface area contributed by atoms with E-state index >= 15 is 0 Å². The summed E-state index contributed by atoms with van der Waals surface area (Å²) in [6.07, 6.45) is 1.74. The number of hydrogen-bond acceptors (Lipinski definition) is 4. The van der Waals surface area contributed by atoms with Crippen LogP contribution in [0.5, 0.6) is 17.2 Å². The molecule has 0 bridgehead atoms. The van der Waals surface area contributed by atoms with Gasteiger partial charge in [-0.1, -0.05) is 25.4 Å². The maximum atomic E-state index is 6.02. The number of aliphatic imine (C=N–C) groups is 1. The Kier molecular flexibility index (Phi) is 6.50. The highest BCUT2D eigenvalue weighted by molar-refractivity contribution is 6.30. The molecule has 2 aromatic carbocycles. The van der Waals surface area contributed by atoms with Gasteiger partial charge in [0.05, 0.1) is 20.8 Å². The second kappa shape index (κ2) is 8.60. The van der Waals surface area contributed by atoms with Gasteiger partial charge in [0.15, 0.2) is 11.5 Å². The van der Waals surface area contributed by atoms with E-state index in [1.807, 2.05) is 18.2 Å². The second-order valence-electron chi connectivity index (χ2n) is 5.69. The largest absolute Gasteiger partial charge is 0.494 e. The van der Waals surface area contributed by atoms with Crippen molar-refractivity contribution in [2.75, 3.05) is 20.8 Å². The highest BCUT2D eigenvalue weighted by Gasteiger charge is 2.07. The molecule has 0 saturated heterocycles. The van der Waals surface area contributed by atoms with Crippen molar-refractivity contribution >= 4 is 23.5 Å². The van der Waals surface area contributed by atoms with Crippen LogP contribution in [-0.2, 0) is 0 Å². The van der Waals surface area contributed by atoms with Crippen LogP contribution < -0.4 is 14.2 Å². The van der Waals surface area contributed by atoms with Crippen LogP contribution in [0.25, 0.3) is 0 Å². The highest BCUT2D eigenvalue weighted by Crippen LogP contribution is 2.31. The van der Waals surface area contributed by atoms with Gasteiger partial charge in [-0.05, 0) is 47.9 Å². The number of ether oxygens (including phenoxy) is 3. The van der Waals surface area contributed by atoms with Gasteiger partial charge in [0.25, 0.3) is 0 Å². The van der Waals surface area contributed by atoms with E-state index in [4.69, 9.17) is 25.8 Å². The lowest BCUT2D eigenvalue weighted by Crippen LogP contribution is -2.05. The first-order valence-corrected chi connectivity index (χ1v) is 8.09. The first-order chi connectivity index (χ1) is 11.5. The molecule has 128 valence electrons. The van der Waals surface area contributed by atoms with Crippen molar-refractivity contribution in [1.29, 1.82) is 0 Å². The Bertz CT molecular complexity index is 714. The molecule has 0 aromatic heterocycles. The fourth-order valence-electron chi connectivity index (χ4n) is 2.05. The highest BCUT2D eigenvalue weighted by atomic mass is 35.5. The van der Waals surface area contributed by atoms with Gasteiger partial charge in [-0.2, -0.15) is 0 Å². The summed E-state index contributed by atoms with van der Waals surface area (Å²) in [6.45, 7) is 4.85. The van der Waals surface area contributed by atoms with Crippen molar-refractivity contribution in [3.8, 4) is 17.2 Å². The first-order valence-electron chi connectivity index (χ1n) is 7.72. The Balaban J connectivity index is 2.22. The summed E-state index contributed by atoms with van der Waals surface area (Å²) in [4.78, 5) is 4.46. The summed E-state index contributed by atoms with van der Waals surface area (Å²) in [6, 6.07) is 11.0. The van der Waals surface area contributed by atoms with Crippen LogP contribution in [0.2, 0.25) is 5.02 Å². The minimum absolute atomic E-state index is 0.450. The smallest absolute Gasteiger partial charge is 0.161 e. The normalized spacial score (nSPS) is 11.1. The van der Waals surface area contributed by atoms with Gasteiger partial charge in [0.1, 0.15) is 11.4 Å². The molecular formula is C19H22ClNO3. The first kappa shape index (κ1) is 18.1. The molecule has 0 radical (unpaired) electrons. The molecule has 2 aromatic rings. The van der Waals surface area contributed by atoms with Crippen LogP contribution in [0.15, 0.2) is 41.4 Å². The molecule has 0 unspecified atom stereocenters. The average Bonchev–Trinajstić information content (AvgIpc) is 2.58. The van der Waals surface area contributed by atoms with Gasteiger partial charge < -0.3 is 14.2 Å². The van der Waals surface area contributed by atoms with Crippen molar-refractivity contribution in [2.24, 2.45) is 10.9 Å². The molecule has 0 spiro atoms. The monoisotopic (exact) mass is 347 g/mol. The lowest BCUT2D eigenvalue weighted by atomic mass is 10.2. The SMILES string of the molecule is COc1ccc(Cl)cc1N=Cc1ccc(OCC(C)C)c(OC)c1. The molecule has 0 saturated carbocycles. The molecule has 0 heterocycles. The molecule has 0 fully saturated rings. The molecule has 0 aliphatic rings. The molecule has 2 rings (SSSR count). The number of halogens is 1. The van der Waals surface area contributed by atoms with Gasteiger partial charge in [0.2, 0.25) is 0 Å². The fraction of sp³-hybridized carbons (Fsp3) is 0.316. The Morgan fingerprint density at radius 3 is 2.38 bits per heavy atom. The van der Waals surface area contributed by atoms with E-state index < -0.39 is 0 Å². The van der Waals surface area contributed by atoms with Crippen molar-refractivity contribution in [3.05, 3.63) is 47.0 Å². The van der Waals surface area contributed by atoms with E-state index in [0.717, 1.165) is 11.3 Å². The van der Waals surface area contributed by atoms with Gasteiger partial charge in [-0.25, -0.2) is 0 Å². The van der Waals surface area contributed by atoms with Crippen molar-refractivity contribution < 1.29 is 14.2 Å². The van der Waals surface area contributed by atoms with E-state index in [1.165, 1.54) is 0 Å². The molecule has 0 amide bonds. The third kappa shape index (κ3) is 4.90. The second-order valence-corrected chi connectivity index (χ2v) is 6.13. The molecule has 0 aliphatic carbocycles. The van der Waals surface area contributed by atoms with Crippen LogP contribution in [0.1, 0.15) is 19.4 Å². The lowest BCUT2D eigenvalue weighted by molar-refractivity contribution is 0.257. The van der Waals surface area contributed by atoms with E-state index in [2.05, 4.69) is 18.8 Å². The summed E-state index contributed by atoms with van der Waals surface area (Å²) < 4.78 is 16.4. The number of benzene rings is 2. The standard InChI is InChI=1S/C19H22ClNO3/c1-13(2)12-24-18-7-5-14(9-19(18)23-4)11-21-16-10-15(20)6-8-17(16)22-3/h5-11,13H,12H2,1-4H3. The van der Waals surface area contributed by atoms with E-state index in [9.17, 15) is 0 Å². The Hall–Kier alpha value is -2.20. The van der Waals surface area contributed by atoms with Crippen molar-refractivity contribution in [3.63, 3.8) is 0 Å². The Labute approximate surface area is 148 Å². The fourth-order valence-corrected chi connectivity index (χ4v) is 2.21. The summed E-state index contributed by atoms with van der Waals surface area (Å²) in [5.41, 5.74) is 1.56. The zero-order valence-corrected chi connectivity index (χ0v) is 15.1. The predicted octanol–water partition coefficient (Wildman–Crippen LogP) is 5.14. The minimum Gasteiger partial charge on any atom is -0.494 e. The van der Waals surface area contributed by atoms with Crippen LogP contribution in [0.4, 0.5) is 5.69 Å². The van der Waals surface area contributed by atoms with Crippen molar-refractivity contribution in [1.82, 2.24) is 0 Å². The Morgan fingerprint density at radius 2 is 1.71 bits per heavy atom. The third-order valence-corrected chi connectivity index (χ3v) is 3.49. The number of rotatable bonds is 7. The van der Waals surface area contributed by atoms with Gasteiger partial charge >= 0.3 is 0 Å². The molecule has 4 nitrogen and oxygen atoms in total. The average molecular weight is 348 g/mol. The van der Waals surface area contributed by atoms with Crippen LogP contribution in [0, 0.1) is 5.92 Å². The summed E-state index contributed by atoms with van der Waals surface area (Å²) in [5, 5.41) is 0.609. The molecule has 0 aliphatic heterocycles. The molecular weight excluding hydrogens is 326 g/mol. The van der Waals surface area contributed by atoms with Crippen LogP contribution >= 0.6 is 11.6 Å². The summed E-state index contributed by atoms with van der Waals surface area (Å²) in [5.74, 6) is 2.52. The topological polar surface area (TPSA) is 40.0 Å². The summed E-state index contributed by atoms with van der Waals surface area (Å²) in [7, 11) is 3.23. The number of nitrogens with zero attached hydrogens (tertiary/aromatic N) is 1. The van der Waals surface area contributed by atoms with Crippen molar-refractivity contribution in [2.45, 2.75) is 13.8 Å². The van der Waals surface area contributed by atoms with Gasteiger partial charge in [-0.3, -0.25) is 4.99 Å². The third-order valence-electron chi connectivity index (χ3n) is 3.25. The quantitative estimate of drug-likeness (QED) is 0.651. The molecule has 24 heavy (non-hydrogen) atoms. The number of methoxy groups -OCH3 is 2. The van der Waals surface area contributed by atoms with Crippen LogP contribution in [0.3, 0.4) is 0 Å². The summed E-state index contributed by atoms with van der Waals surface area (Å²) >= 11 is 6.02. The molecule has 0 N–H and O–H groups in total. The van der Waals surface area contributed by atoms with E-state index in [1.54, 1.807) is 38.6 Å². The Morgan fingerprint density at radius 1 is 1.00 bits per heavy atom. The van der Waals surface area contributed by atoms with Crippen LogP contribution in [-0.4, -0.2) is 27.0 Å². The van der Waals surface area contributed by atoms with Gasteiger partial charge in [0, 0.05) is 11.2 Å². The zero-order chi connectivity index (χ0) is 17.5.